The lowest BCUT2D eigenvalue weighted by Gasteiger charge is -2.26. The predicted octanol–water partition coefficient (Wildman–Crippen LogP) is 10.1. The lowest BCUT2D eigenvalue weighted by molar-refractivity contribution is -0.870. The number of carboxylic acids is 1. The zero-order valence-electron chi connectivity index (χ0n) is 36.0. The molecule has 0 aromatic heterocycles. The van der Waals surface area contributed by atoms with Crippen LogP contribution in [-0.2, 0) is 33.3 Å². The van der Waals surface area contributed by atoms with E-state index in [9.17, 15) is 19.5 Å². The van der Waals surface area contributed by atoms with Crippen molar-refractivity contribution in [1.82, 2.24) is 0 Å². The smallest absolute Gasteiger partial charge is 0.306 e. The highest BCUT2D eigenvalue weighted by atomic mass is 16.7. The van der Waals surface area contributed by atoms with Gasteiger partial charge >= 0.3 is 11.9 Å². The number of aliphatic carboxylic acids is 1. The lowest BCUT2D eigenvalue weighted by Crippen LogP contribution is -2.44. The SMILES string of the molecule is CCCCC/C=C\C/C=C\CCCCCCCC(=O)OC(COC(=O)CCCCCCC/C=C\CCCCCCCC)COC(OCC[N+](C)(C)C)C(=O)[O-]. The van der Waals surface area contributed by atoms with Crippen molar-refractivity contribution in [2.45, 2.75) is 193 Å². The summed E-state index contributed by atoms with van der Waals surface area (Å²) in [5.74, 6) is -2.32. The summed E-state index contributed by atoms with van der Waals surface area (Å²) in [6.07, 6.45) is 38.8. The van der Waals surface area contributed by atoms with Crippen LogP contribution in [0.4, 0.5) is 0 Å². The minimum atomic E-state index is -1.62. The molecule has 0 aliphatic carbocycles. The third-order valence-corrected chi connectivity index (χ3v) is 9.36. The Hall–Kier alpha value is -2.49. The molecule has 55 heavy (non-hydrogen) atoms. The van der Waals surface area contributed by atoms with Crippen molar-refractivity contribution in [1.29, 1.82) is 0 Å². The molecule has 0 saturated heterocycles. The Morgan fingerprint density at radius 2 is 0.982 bits per heavy atom. The minimum absolute atomic E-state index is 0.143. The van der Waals surface area contributed by atoms with Gasteiger partial charge in [-0.3, -0.25) is 9.59 Å². The van der Waals surface area contributed by atoms with Crippen molar-refractivity contribution >= 4 is 17.9 Å². The Balaban J connectivity index is 4.49. The van der Waals surface area contributed by atoms with Gasteiger partial charge in [-0.15, -0.1) is 0 Å². The Morgan fingerprint density at radius 3 is 1.49 bits per heavy atom. The van der Waals surface area contributed by atoms with Crippen molar-refractivity contribution in [3.63, 3.8) is 0 Å². The van der Waals surface area contributed by atoms with Crippen molar-refractivity contribution < 1.29 is 42.9 Å². The summed E-state index contributed by atoms with van der Waals surface area (Å²) >= 11 is 0. The van der Waals surface area contributed by atoms with Gasteiger partial charge in [-0.2, -0.15) is 0 Å². The van der Waals surface area contributed by atoms with Crippen LogP contribution < -0.4 is 5.11 Å². The fourth-order valence-corrected chi connectivity index (χ4v) is 5.85. The molecule has 0 bridgehead atoms. The number of carbonyl (C=O) groups is 3. The molecule has 0 N–H and O–H groups in total. The first-order valence-corrected chi connectivity index (χ1v) is 22.1. The molecule has 0 heterocycles. The number of nitrogens with zero attached hydrogens (tertiary/aromatic N) is 1. The number of esters is 2. The van der Waals surface area contributed by atoms with Crippen LogP contribution >= 0.6 is 0 Å². The van der Waals surface area contributed by atoms with E-state index in [1.165, 1.54) is 70.6 Å². The van der Waals surface area contributed by atoms with E-state index < -0.39 is 24.3 Å². The number of carbonyl (C=O) groups excluding carboxylic acids is 3. The molecular weight excluding hydrogens is 695 g/mol. The molecule has 9 heteroatoms. The molecule has 0 fully saturated rings. The first-order chi connectivity index (χ1) is 26.6. The second-order valence-corrected chi connectivity index (χ2v) is 16.0. The van der Waals surface area contributed by atoms with E-state index in [1.807, 2.05) is 21.1 Å². The topological polar surface area (TPSA) is 111 Å². The first kappa shape index (κ1) is 52.5. The average Bonchev–Trinajstić information content (AvgIpc) is 3.14. The van der Waals surface area contributed by atoms with Crippen LogP contribution in [0.15, 0.2) is 36.5 Å². The number of quaternary nitrogens is 1. The molecule has 0 aliphatic heterocycles. The summed E-state index contributed by atoms with van der Waals surface area (Å²) in [5.41, 5.74) is 0. The molecule has 0 aromatic rings. The normalized spacial score (nSPS) is 13.3. The molecule has 2 atom stereocenters. The predicted molar refractivity (Wildman–Crippen MR) is 223 cm³/mol. The lowest BCUT2D eigenvalue weighted by atomic mass is 10.1. The van der Waals surface area contributed by atoms with Gasteiger partial charge in [-0.1, -0.05) is 134 Å². The van der Waals surface area contributed by atoms with Gasteiger partial charge in [0.05, 0.1) is 40.3 Å². The second-order valence-electron chi connectivity index (χ2n) is 16.0. The van der Waals surface area contributed by atoms with Gasteiger partial charge < -0.3 is 33.3 Å². The number of hydrogen-bond donors (Lipinski definition) is 0. The maximum absolute atomic E-state index is 12.7. The van der Waals surface area contributed by atoms with E-state index >= 15 is 0 Å². The summed E-state index contributed by atoms with van der Waals surface area (Å²) < 4.78 is 22.5. The quantitative estimate of drug-likeness (QED) is 0.0199. The van der Waals surface area contributed by atoms with Gasteiger partial charge in [-0.05, 0) is 70.6 Å². The number of carboxylic acid groups (broad SMARTS) is 1. The van der Waals surface area contributed by atoms with Gasteiger partial charge in [-0.25, -0.2) is 0 Å². The molecule has 320 valence electrons. The Kier molecular flexibility index (Phi) is 36.6. The van der Waals surface area contributed by atoms with Crippen molar-refractivity contribution in [2.75, 3.05) is 47.5 Å². The third kappa shape index (κ3) is 39.5. The zero-order valence-corrected chi connectivity index (χ0v) is 36.0. The maximum Gasteiger partial charge on any atom is 0.306 e. The molecule has 0 aromatic carbocycles. The number of rotatable bonds is 40. The number of ether oxygens (including phenoxy) is 4. The molecule has 2 unspecified atom stereocenters. The first-order valence-electron chi connectivity index (χ1n) is 22.1. The van der Waals surface area contributed by atoms with Crippen LogP contribution in [0.2, 0.25) is 0 Å². The number of likely N-dealkylation sites (N-methyl/N-ethyl adjacent to an activating group) is 1. The van der Waals surface area contributed by atoms with Gasteiger partial charge in [0.2, 0.25) is 0 Å². The average molecular weight is 778 g/mol. The van der Waals surface area contributed by atoms with Crippen molar-refractivity contribution in [3.05, 3.63) is 36.5 Å². The highest BCUT2D eigenvalue weighted by molar-refractivity contribution is 5.70. The number of unbranched alkanes of at least 4 members (excludes halogenated alkanes) is 19. The largest absolute Gasteiger partial charge is 0.545 e. The summed E-state index contributed by atoms with van der Waals surface area (Å²) in [7, 11) is 5.90. The molecule has 9 nitrogen and oxygen atoms in total. The van der Waals surface area contributed by atoms with Gasteiger partial charge in [0, 0.05) is 12.8 Å². The van der Waals surface area contributed by atoms with Crippen LogP contribution in [0, 0.1) is 0 Å². The third-order valence-electron chi connectivity index (χ3n) is 9.36. The van der Waals surface area contributed by atoms with Gasteiger partial charge in [0.25, 0.3) is 0 Å². The van der Waals surface area contributed by atoms with Crippen LogP contribution in [0.25, 0.3) is 0 Å². The highest BCUT2D eigenvalue weighted by Gasteiger charge is 2.21. The second kappa shape index (κ2) is 38.4. The molecule has 0 aliphatic rings. The Labute approximate surface area is 337 Å². The number of allylic oxidation sites excluding steroid dienone is 6. The van der Waals surface area contributed by atoms with Crippen molar-refractivity contribution in [2.24, 2.45) is 0 Å². The highest BCUT2D eigenvalue weighted by Crippen LogP contribution is 2.13. The zero-order chi connectivity index (χ0) is 40.7. The van der Waals surface area contributed by atoms with E-state index in [-0.39, 0.29) is 38.6 Å². The van der Waals surface area contributed by atoms with E-state index in [2.05, 4.69) is 50.3 Å². The van der Waals surface area contributed by atoms with Crippen LogP contribution in [0.1, 0.15) is 181 Å². The van der Waals surface area contributed by atoms with E-state index in [0.29, 0.717) is 17.4 Å². The maximum atomic E-state index is 12.7. The fraction of sp³-hybridized carbons (Fsp3) is 0.804. The molecule has 0 rings (SSSR count). The molecule has 0 spiro atoms. The monoisotopic (exact) mass is 778 g/mol. The van der Waals surface area contributed by atoms with E-state index in [0.717, 1.165) is 77.0 Å². The van der Waals surface area contributed by atoms with Crippen molar-refractivity contribution in [3.8, 4) is 0 Å². The molecule has 0 amide bonds. The summed E-state index contributed by atoms with van der Waals surface area (Å²) in [5, 5.41) is 11.7. The molecular formula is C46H83NO8. The van der Waals surface area contributed by atoms with Gasteiger partial charge in [0.1, 0.15) is 13.2 Å². The minimum Gasteiger partial charge on any atom is -0.545 e. The molecule has 0 saturated carbocycles. The summed E-state index contributed by atoms with van der Waals surface area (Å²) in [6.45, 7) is 4.67. The molecule has 0 radical (unpaired) electrons. The van der Waals surface area contributed by atoms with Crippen LogP contribution in [0.3, 0.4) is 0 Å². The summed E-state index contributed by atoms with van der Waals surface area (Å²) in [6, 6.07) is 0. The van der Waals surface area contributed by atoms with Crippen LogP contribution in [-0.4, -0.2) is 82.3 Å². The van der Waals surface area contributed by atoms with E-state index in [4.69, 9.17) is 18.9 Å². The Morgan fingerprint density at radius 1 is 0.545 bits per heavy atom. The number of hydrogen-bond acceptors (Lipinski definition) is 8. The Bertz CT molecular complexity index is 1000. The van der Waals surface area contributed by atoms with Gasteiger partial charge in [0.15, 0.2) is 12.4 Å². The fourth-order valence-electron chi connectivity index (χ4n) is 5.85. The standard InChI is InChI=1S/C46H83NO8/c1-6-8-10-12-14-16-18-20-22-24-26-28-30-32-34-36-43(48)53-40-42(41-54-46(45(50)51)52-39-38-47(3,4)5)55-44(49)37-35-33-31-29-27-25-23-21-19-17-15-13-11-9-7-2/h15,17,20-23,42,46H,6-14,16,18-19,24-41H2,1-5H3/b17-15-,22-20-,23-21-. The van der Waals surface area contributed by atoms with Crippen LogP contribution in [0.5, 0.6) is 0 Å². The van der Waals surface area contributed by atoms with E-state index in [1.54, 1.807) is 0 Å². The summed E-state index contributed by atoms with van der Waals surface area (Å²) in [4.78, 5) is 36.9.